The maximum atomic E-state index is 4.66. The van der Waals surface area contributed by atoms with Crippen LogP contribution in [0.3, 0.4) is 0 Å². The Morgan fingerprint density at radius 1 is 0.950 bits per heavy atom. The molecule has 20 heavy (non-hydrogen) atoms. The van der Waals surface area contributed by atoms with Gasteiger partial charge in [-0.1, -0.05) is 0 Å². The summed E-state index contributed by atoms with van der Waals surface area (Å²) in [4.78, 5) is 18.1. The van der Waals surface area contributed by atoms with Crippen molar-refractivity contribution < 1.29 is 0 Å². The largest absolute Gasteiger partial charge is 0.357 e. The highest BCUT2D eigenvalue weighted by molar-refractivity contribution is 5.45. The molecule has 1 aliphatic rings. The lowest BCUT2D eigenvalue weighted by atomic mass is 10.4. The standard InChI is InChI=1S/C14H26N6/c1-5-19(6-2)13-16-12(15-4)17-14(18-13)20(7-3)10-11-8-9-11/h11H,5-10H2,1-4H3,(H,15,16,17,18). The third kappa shape index (κ3) is 3.49. The fourth-order valence-corrected chi connectivity index (χ4v) is 2.22. The van der Waals surface area contributed by atoms with Gasteiger partial charge in [-0.15, -0.1) is 0 Å². The van der Waals surface area contributed by atoms with Crippen LogP contribution in [0.4, 0.5) is 17.8 Å². The zero-order valence-corrected chi connectivity index (χ0v) is 13.1. The van der Waals surface area contributed by atoms with Gasteiger partial charge in [-0.2, -0.15) is 15.0 Å². The normalized spacial score (nSPS) is 14.2. The van der Waals surface area contributed by atoms with Gasteiger partial charge in [0, 0.05) is 33.2 Å². The van der Waals surface area contributed by atoms with Crippen LogP contribution in [0.25, 0.3) is 0 Å². The van der Waals surface area contributed by atoms with Crippen LogP contribution in [0, 0.1) is 5.92 Å². The maximum Gasteiger partial charge on any atom is 0.231 e. The fraction of sp³-hybridized carbons (Fsp3) is 0.786. The number of aromatic nitrogens is 3. The van der Waals surface area contributed by atoms with Gasteiger partial charge in [-0.3, -0.25) is 0 Å². The summed E-state index contributed by atoms with van der Waals surface area (Å²) in [5.41, 5.74) is 0. The monoisotopic (exact) mass is 278 g/mol. The Kier molecular flexibility index (Phi) is 4.98. The molecule has 0 amide bonds. The van der Waals surface area contributed by atoms with E-state index in [0.717, 1.165) is 44.0 Å². The van der Waals surface area contributed by atoms with Gasteiger partial charge in [-0.05, 0) is 39.5 Å². The van der Waals surface area contributed by atoms with E-state index in [-0.39, 0.29) is 0 Å². The second-order valence-electron chi connectivity index (χ2n) is 5.16. The van der Waals surface area contributed by atoms with Crippen molar-refractivity contribution in [3.63, 3.8) is 0 Å². The van der Waals surface area contributed by atoms with Gasteiger partial charge < -0.3 is 15.1 Å². The molecule has 0 saturated heterocycles. The highest BCUT2D eigenvalue weighted by atomic mass is 15.4. The van der Waals surface area contributed by atoms with Crippen LogP contribution in [0.15, 0.2) is 0 Å². The second-order valence-corrected chi connectivity index (χ2v) is 5.16. The minimum absolute atomic E-state index is 0.645. The highest BCUT2D eigenvalue weighted by Gasteiger charge is 2.25. The quantitative estimate of drug-likeness (QED) is 0.785. The van der Waals surface area contributed by atoms with Crippen molar-refractivity contribution in [2.75, 3.05) is 48.3 Å². The predicted octanol–water partition coefficient (Wildman–Crippen LogP) is 2.00. The van der Waals surface area contributed by atoms with Crippen molar-refractivity contribution >= 4 is 17.8 Å². The molecule has 6 nitrogen and oxygen atoms in total. The summed E-state index contributed by atoms with van der Waals surface area (Å²) >= 11 is 0. The van der Waals surface area contributed by atoms with Gasteiger partial charge in [0.1, 0.15) is 0 Å². The molecule has 2 rings (SSSR count). The molecule has 0 spiro atoms. The number of hydrogen-bond acceptors (Lipinski definition) is 6. The molecule has 1 aromatic rings. The average molecular weight is 278 g/mol. The smallest absolute Gasteiger partial charge is 0.231 e. The molecule has 0 bridgehead atoms. The summed E-state index contributed by atoms with van der Waals surface area (Å²) in [7, 11) is 1.85. The molecule has 0 aliphatic heterocycles. The van der Waals surface area contributed by atoms with Crippen LogP contribution in [0.1, 0.15) is 33.6 Å². The molecular weight excluding hydrogens is 252 g/mol. The number of rotatable bonds is 8. The Hall–Kier alpha value is -1.59. The lowest BCUT2D eigenvalue weighted by molar-refractivity contribution is 0.711. The highest BCUT2D eigenvalue weighted by Crippen LogP contribution is 2.31. The van der Waals surface area contributed by atoms with Crippen molar-refractivity contribution in [2.45, 2.75) is 33.6 Å². The molecule has 1 saturated carbocycles. The van der Waals surface area contributed by atoms with E-state index < -0.39 is 0 Å². The summed E-state index contributed by atoms with van der Waals surface area (Å²) in [6.45, 7) is 10.2. The first-order valence-electron chi connectivity index (χ1n) is 7.65. The van der Waals surface area contributed by atoms with Gasteiger partial charge in [-0.25, -0.2) is 0 Å². The fourth-order valence-electron chi connectivity index (χ4n) is 2.22. The van der Waals surface area contributed by atoms with Gasteiger partial charge in [0.2, 0.25) is 17.8 Å². The van der Waals surface area contributed by atoms with Gasteiger partial charge in [0.05, 0.1) is 0 Å². The first kappa shape index (κ1) is 14.8. The number of nitrogens with zero attached hydrogens (tertiary/aromatic N) is 5. The van der Waals surface area contributed by atoms with Crippen LogP contribution in [0.2, 0.25) is 0 Å². The zero-order valence-electron chi connectivity index (χ0n) is 13.1. The third-order valence-electron chi connectivity index (χ3n) is 3.72. The van der Waals surface area contributed by atoms with E-state index in [4.69, 9.17) is 0 Å². The minimum atomic E-state index is 0.645. The Labute approximate surface area is 121 Å². The van der Waals surface area contributed by atoms with Crippen molar-refractivity contribution in [2.24, 2.45) is 5.92 Å². The van der Waals surface area contributed by atoms with E-state index in [0.29, 0.717) is 5.95 Å². The van der Waals surface area contributed by atoms with Crippen LogP contribution >= 0.6 is 0 Å². The van der Waals surface area contributed by atoms with Crippen molar-refractivity contribution in [1.29, 1.82) is 0 Å². The molecule has 0 radical (unpaired) electrons. The van der Waals surface area contributed by atoms with E-state index in [2.05, 4.69) is 50.8 Å². The second kappa shape index (κ2) is 6.72. The molecule has 0 atom stereocenters. The number of anilines is 3. The Balaban J connectivity index is 2.27. The molecule has 0 unspecified atom stereocenters. The van der Waals surface area contributed by atoms with Gasteiger partial charge in [0.15, 0.2) is 0 Å². The number of nitrogens with one attached hydrogen (secondary N) is 1. The van der Waals surface area contributed by atoms with E-state index in [9.17, 15) is 0 Å². The van der Waals surface area contributed by atoms with Crippen LogP contribution < -0.4 is 15.1 Å². The summed E-state index contributed by atoms with van der Waals surface area (Å²) in [6, 6.07) is 0. The summed E-state index contributed by atoms with van der Waals surface area (Å²) in [6.07, 6.45) is 2.67. The Bertz CT molecular complexity index is 428. The SMILES string of the molecule is CCN(CC)c1nc(NC)nc(N(CC)CC2CC2)n1. The van der Waals surface area contributed by atoms with Crippen LogP contribution in [-0.2, 0) is 0 Å². The van der Waals surface area contributed by atoms with Crippen molar-refractivity contribution in [3.05, 3.63) is 0 Å². The molecule has 0 aromatic carbocycles. The molecular formula is C14H26N6. The van der Waals surface area contributed by atoms with E-state index in [1.807, 2.05) is 7.05 Å². The summed E-state index contributed by atoms with van der Waals surface area (Å²) < 4.78 is 0. The van der Waals surface area contributed by atoms with Crippen LogP contribution in [0.5, 0.6) is 0 Å². The molecule has 6 heteroatoms. The minimum Gasteiger partial charge on any atom is -0.357 e. The molecule has 1 fully saturated rings. The van der Waals surface area contributed by atoms with E-state index in [1.165, 1.54) is 12.8 Å². The Morgan fingerprint density at radius 3 is 1.95 bits per heavy atom. The van der Waals surface area contributed by atoms with E-state index >= 15 is 0 Å². The zero-order chi connectivity index (χ0) is 14.5. The molecule has 1 aliphatic carbocycles. The third-order valence-corrected chi connectivity index (χ3v) is 3.72. The lowest BCUT2D eigenvalue weighted by Crippen LogP contribution is -2.30. The summed E-state index contributed by atoms with van der Waals surface area (Å²) in [5, 5.41) is 3.04. The first-order valence-corrected chi connectivity index (χ1v) is 7.65. The van der Waals surface area contributed by atoms with E-state index in [1.54, 1.807) is 0 Å². The van der Waals surface area contributed by atoms with Crippen LogP contribution in [-0.4, -0.2) is 48.2 Å². The Morgan fingerprint density at radius 2 is 1.50 bits per heavy atom. The van der Waals surface area contributed by atoms with Gasteiger partial charge >= 0.3 is 0 Å². The van der Waals surface area contributed by atoms with Gasteiger partial charge in [0.25, 0.3) is 0 Å². The molecule has 1 heterocycles. The first-order chi connectivity index (χ1) is 9.71. The predicted molar refractivity (Wildman–Crippen MR) is 83.5 cm³/mol. The van der Waals surface area contributed by atoms with Crippen molar-refractivity contribution in [3.8, 4) is 0 Å². The van der Waals surface area contributed by atoms with Crippen molar-refractivity contribution in [1.82, 2.24) is 15.0 Å². The topological polar surface area (TPSA) is 57.2 Å². The summed E-state index contributed by atoms with van der Waals surface area (Å²) in [5.74, 6) is 3.02. The average Bonchev–Trinajstić information content (AvgIpc) is 3.29. The molecule has 112 valence electrons. The number of hydrogen-bond donors (Lipinski definition) is 1. The maximum absolute atomic E-state index is 4.66. The lowest BCUT2D eigenvalue weighted by Gasteiger charge is -2.24. The molecule has 1 N–H and O–H groups in total. The molecule has 1 aromatic heterocycles.